The Morgan fingerprint density at radius 1 is 1.17 bits per heavy atom. The van der Waals surface area contributed by atoms with Crippen LogP contribution in [0.1, 0.15) is 35.9 Å². The van der Waals surface area contributed by atoms with Gasteiger partial charge in [0, 0.05) is 34.5 Å². The molecule has 90 valence electrons. The Morgan fingerprint density at radius 3 is 2.72 bits per heavy atom. The number of halogens is 1. The molecule has 0 aliphatic heterocycles. The van der Waals surface area contributed by atoms with Crippen LogP contribution in [0.2, 0.25) is 0 Å². The Kier molecular flexibility index (Phi) is 1.85. The standard InChI is InChI=1S/C15H13FN2/c16-10-5-6-11-12(7-10)18-15-9-3-1-8(2-4-9)13(15)14(11)17/h1,3,5-9H,2,4H2,(H2,17,18). The summed E-state index contributed by atoms with van der Waals surface area (Å²) >= 11 is 0. The van der Waals surface area contributed by atoms with Gasteiger partial charge in [0.25, 0.3) is 0 Å². The quantitative estimate of drug-likeness (QED) is 0.716. The molecule has 2 atom stereocenters. The van der Waals surface area contributed by atoms with E-state index >= 15 is 0 Å². The van der Waals surface area contributed by atoms with Crippen molar-refractivity contribution < 1.29 is 4.39 Å². The van der Waals surface area contributed by atoms with Gasteiger partial charge in [0.15, 0.2) is 0 Å². The molecule has 0 radical (unpaired) electrons. The third-order valence-electron chi connectivity index (χ3n) is 4.14. The normalized spacial score (nSPS) is 24.5. The van der Waals surface area contributed by atoms with Gasteiger partial charge in [-0.1, -0.05) is 12.2 Å². The SMILES string of the molecule is Nc1c2c(nc3cc(F)ccc13)C1C=CC2CC1. The monoisotopic (exact) mass is 240 g/mol. The van der Waals surface area contributed by atoms with Crippen LogP contribution in [-0.4, -0.2) is 4.98 Å². The predicted molar refractivity (Wildman–Crippen MR) is 70.0 cm³/mol. The number of benzene rings is 1. The van der Waals surface area contributed by atoms with Gasteiger partial charge >= 0.3 is 0 Å². The minimum Gasteiger partial charge on any atom is -0.398 e. The van der Waals surface area contributed by atoms with Crippen molar-refractivity contribution in [2.75, 3.05) is 5.73 Å². The molecule has 0 saturated heterocycles. The van der Waals surface area contributed by atoms with Crippen molar-refractivity contribution in [1.82, 2.24) is 4.98 Å². The van der Waals surface area contributed by atoms with Crippen molar-refractivity contribution in [3.63, 3.8) is 0 Å². The minimum absolute atomic E-state index is 0.258. The Bertz CT molecular complexity index is 690. The van der Waals surface area contributed by atoms with Gasteiger partial charge in [-0.25, -0.2) is 4.39 Å². The molecule has 2 aromatic rings. The fraction of sp³-hybridized carbons (Fsp3) is 0.267. The molecule has 0 fully saturated rings. The lowest BCUT2D eigenvalue weighted by Crippen LogP contribution is -2.20. The molecule has 2 nitrogen and oxygen atoms in total. The molecule has 2 N–H and O–H groups in total. The molecular formula is C15H13FN2. The second-order valence-electron chi connectivity index (χ2n) is 5.16. The van der Waals surface area contributed by atoms with Crippen LogP contribution in [0.3, 0.4) is 0 Å². The van der Waals surface area contributed by atoms with E-state index in [0.29, 0.717) is 17.4 Å². The van der Waals surface area contributed by atoms with Gasteiger partial charge in [-0.05, 0) is 25.0 Å². The van der Waals surface area contributed by atoms with Crippen LogP contribution in [0.15, 0.2) is 30.4 Å². The van der Waals surface area contributed by atoms with E-state index in [1.165, 1.54) is 17.7 Å². The van der Waals surface area contributed by atoms with Gasteiger partial charge in [0.05, 0.1) is 11.2 Å². The summed E-state index contributed by atoms with van der Waals surface area (Å²) in [5, 5.41) is 0.871. The highest BCUT2D eigenvalue weighted by Crippen LogP contribution is 2.47. The van der Waals surface area contributed by atoms with Crippen LogP contribution in [-0.2, 0) is 0 Å². The maximum absolute atomic E-state index is 13.3. The minimum atomic E-state index is -0.258. The second kappa shape index (κ2) is 3.31. The Balaban J connectivity index is 2.10. The number of hydrogen-bond donors (Lipinski definition) is 1. The summed E-state index contributed by atoms with van der Waals surface area (Å²) in [5.74, 6) is 0.498. The Morgan fingerprint density at radius 2 is 1.94 bits per heavy atom. The van der Waals surface area contributed by atoms with Gasteiger partial charge in [-0.15, -0.1) is 0 Å². The largest absolute Gasteiger partial charge is 0.398 e. The Hall–Kier alpha value is -1.90. The van der Waals surface area contributed by atoms with E-state index in [1.807, 2.05) is 0 Å². The second-order valence-corrected chi connectivity index (χ2v) is 5.16. The van der Waals surface area contributed by atoms with Crippen LogP contribution in [0.25, 0.3) is 10.9 Å². The summed E-state index contributed by atoms with van der Waals surface area (Å²) in [4.78, 5) is 4.65. The molecule has 3 aliphatic rings. The summed E-state index contributed by atoms with van der Waals surface area (Å²) in [6, 6.07) is 4.65. The van der Waals surface area contributed by atoms with Crippen molar-refractivity contribution in [2.45, 2.75) is 24.7 Å². The number of rotatable bonds is 0. The van der Waals surface area contributed by atoms with Crippen molar-refractivity contribution in [1.29, 1.82) is 0 Å². The third kappa shape index (κ3) is 1.19. The van der Waals surface area contributed by atoms with Gasteiger partial charge < -0.3 is 5.73 Å². The molecule has 2 bridgehead atoms. The van der Waals surface area contributed by atoms with Crippen molar-refractivity contribution in [3.8, 4) is 0 Å². The number of aromatic nitrogens is 1. The van der Waals surface area contributed by atoms with E-state index in [1.54, 1.807) is 6.07 Å². The first-order valence-electron chi connectivity index (χ1n) is 6.31. The first kappa shape index (κ1) is 10.1. The van der Waals surface area contributed by atoms with Crippen LogP contribution in [0, 0.1) is 5.82 Å². The third-order valence-corrected chi connectivity index (χ3v) is 4.14. The van der Waals surface area contributed by atoms with Crippen molar-refractivity contribution in [3.05, 3.63) is 47.4 Å². The van der Waals surface area contributed by atoms with Gasteiger partial charge in [0.1, 0.15) is 5.82 Å². The molecule has 2 unspecified atom stereocenters. The van der Waals surface area contributed by atoms with E-state index in [-0.39, 0.29) is 5.82 Å². The van der Waals surface area contributed by atoms with Crippen LogP contribution >= 0.6 is 0 Å². The lowest BCUT2D eigenvalue weighted by molar-refractivity contribution is 0.543. The van der Waals surface area contributed by atoms with Crippen LogP contribution in [0.5, 0.6) is 0 Å². The first-order valence-corrected chi connectivity index (χ1v) is 6.31. The highest BCUT2D eigenvalue weighted by atomic mass is 19.1. The summed E-state index contributed by atoms with van der Waals surface area (Å²) in [6.07, 6.45) is 6.73. The lowest BCUT2D eigenvalue weighted by atomic mass is 9.73. The molecule has 0 amide bonds. The number of nitrogens with zero attached hydrogens (tertiary/aromatic N) is 1. The van der Waals surface area contributed by atoms with E-state index in [9.17, 15) is 4.39 Å². The fourth-order valence-electron chi connectivity index (χ4n) is 3.26. The smallest absolute Gasteiger partial charge is 0.125 e. The van der Waals surface area contributed by atoms with Gasteiger partial charge in [-0.3, -0.25) is 4.98 Å². The molecule has 1 aromatic heterocycles. The molecule has 5 rings (SSSR count). The maximum atomic E-state index is 13.3. The molecule has 0 saturated carbocycles. The molecule has 3 aliphatic carbocycles. The molecule has 1 aromatic carbocycles. The zero-order valence-electron chi connectivity index (χ0n) is 9.86. The maximum Gasteiger partial charge on any atom is 0.125 e. The molecule has 18 heavy (non-hydrogen) atoms. The van der Waals surface area contributed by atoms with E-state index < -0.39 is 0 Å². The average molecular weight is 240 g/mol. The topological polar surface area (TPSA) is 38.9 Å². The molecule has 3 heteroatoms. The lowest BCUT2D eigenvalue weighted by Gasteiger charge is -2.33. The van der Waals surface area contributed by atoms with E-state index in [2.05, 4.69) is 17.1 Å². The highest BCUT2D eigenvalue weighted by Gasteiger charge is 2.32. The number of pyridine rings is 1. The van der Waals surface area contributed by atoms with E-state index in [4.69, 9.17) is 5.73 Å². The van der Waals surface area contributed by atoms with Crippen LogP contribution in [0.4, 0.5) is 10.1 Å². The zero-order chi connectivity index (χ0) is 12.3. The fourth-order valence-corrected chi connectivity index (χ4v) is 3.26. The summed E-state index contributed by atoms with van der Waals surface area (Å²) in [7, 11) is 0. The number of hydrogen-bond acceptors (Lipinski definition) is 2. The number of allylic oxidation sites excluding steroid dienone is 2. The van der Waals surface area contributed by atoms with Crippen LogP contribution < -0.4 is 5.73 Å². The Labute approximate surface area is 104 Å². The zero-order valence-corrected chi connectivity index (χ0v) is 9.86. The van der Waals surface area contributed by atoms with Crippen molar-refractivity contribution in [2.24, 2.45) is 0 Å². The predicted octanol–water partition coefficient (Wildman–Crippen LogP) is 3.49. The number of nitrogens with two attached hydrogens (primary N) is 1. The average Bonchev–Trinajstić information content (AvgIpc) is 2.39. The van der Waals surface area contributed by atoms with E-state index in [0.717, 1.165) is 29.6 Å². The number of nitrogen functional groups attached to an aromatic ring is 1. The summed E-state index contributed by atoms with van der Waals surface area (Å²) in [6.45, 7) is 0. The highest BCUT2D eigenvalue weighted by molar-refractivity contribution is 5.93. The molecule has 1 heterocycles. The van der Waals surface area contributed by atoms with Gasteiger partial charge in [-0.2, -0.15) is 0 Å². The van der Waals surface area contributed by atoms with Crippen molar-refractivity contribution >= 4 is 16.6 Å². The first-order chi connectivity index (χ1) is 8.74. The molecular weight excluding hydrogens is 227 g/mol. The number of anilines is 1. The van der Waals surface area contributed by atoms with Gasteiger partial charge in [0.2, 0.25) is 0 Å². The summed E-state index contributed by atoms with van der Waals surface area (Å²) < 4.78 is 13.3. The number of fused-ring (bicyclic) bond motifs is 2. The molecule has 0 spiro atoms. The summed E-state index contributed by atoms with van der Waals surface area (Å²) in [5.41, 5.74) is 9.97.